The molecule has 0 spiro atoms. The van der Waals surface area contributed by atoms with Crippen LogP contribution < -0.4 is 5.73 Å². The van der Waals surface area contributed by atoms with Crippen molar-refractivity contribution in [3.63, 3.8) is 0 Å². The smallest absolute Gasteiger partial charge is 0.123 e. The molecule has 1 aromatic carbocycles. The Kier molecular flexibility index (Phi) is 4.13. The lowest BCUT2D eigenvalue weighted by atomic mass is 10.1. The second kappa shape index (κ2) is 5.61. The van der Waals surface area contributed by atoms with Crippen molar-refractivity contribution in [2.75, 3.05) is 13.1 Å². The number of rotatable bonds is 4. The van der Waals surface area contributed by atoms with Gasteiger partial charge in [0, 0.05) is 19.6 Å². The highest BCUT2D eigenvalue weighted by molar-refractivity contribution is 5.27. The highest BCUT2D eigenvalue weighted by Gasteiger charge is 2.21. The van der Waals surface area contributed by atoms with E-state index < -0.39 is 0 Å². The molecule has 0 aromatic heterocycles. The zero-order chi connectivity index (χ0) is 12.3. The number of hydrogen-bond donors (Lipinski definition) is 1. The number of hydrogen-bond acceptors (Lipinski definition) is 2. The van der Waals surface area contributed by atoms with Gasteiger partial charge in [0.15, 0.2) is 0 Å². The van der Waals surface area contributed by atoms with Gasteiger partial charge in [-0.1, -0.05) is 19.4 Å². The zero-order valence-electron chi connectivity index (χ0n) is 10.5. The standard InChI is InChI=1S/C14H21FN2/c1-2-11-5-6-17(9-11)10-12-3-4-14(15)7-13(12)8-16/h3-4,7,11H,2,5-6,8-10,16H2,1H3. The van der Waals surface area contributed by atoms with Gasteiger partial charge in [-0.2, -0.15) is 0 Å². The molecule has 1 atom stereocenters. The number of likely N-dealkylation sites (tertiary alicyclic amines) is 1. The molecule has 3 heteroatoms. The predicted molar refractivity (Wildman–Crippen MR) is 68.0 cm³/mol. The van der Waals surface area contributed by atoms with Crippen LogP contribution in [0.5, 0.6) is 0 Å². The van der Waals surface area contributed by atoms with Crippen LogP contribution in [-0.4, -0.2) is 18.0 Å². The van der Waals surface area contributed by atoms with Crippen LogP contribution in [0.3, 0.4) is 0 Å². The van der Waals surface area contributed by atoms with Crippen molar-refractivity contribution < 1.29 is 4.39 Å². The number of benzene rings is 1. The second-order valence-corrected chi connectivity index (χ2v) is 4.92. The molecule has 17 heavy (non-hydrogen) atoms. The minimum Gasteiger partial charge on any atom is -0.326 e. The summed E-state index contributed by atoms with van der Waals surface area (Å²) in [5, 5.41) is 0. The van der Waals surface area contributed by atoms with E-state index in [0.717, 1.165) is 31.1 Å². The lowest BCUT2D eigenvalue weighted by molar-refractivity contribution is 0.314. The summed E-state index contributed by atoms with van der Waals surface area (Å²) in [6.07, 6.45) is 2.54. The molecule has 94 valence electrons. The molecule has 1 unspecified atom stereocenters. The van der Waals surface area contributed by atoms with Gasteiger partial charge >= 0.3 is 0 Å². The highest BCUT2D eigenvalue weighted by atomic mass is 19.1. The first-order valence-electron chi connectivity index (χ1n) is 6.42. The zero-order valence-corrected chi connectivity index (χ0v) is 10.5. The fourth-order valence-corrected chi connectivity index (χ4v) is 2.57. The van der Waals surface area contributed by atoms with Crippen molar-refractivity contribution in [3.05, 3.63) is 35.1 Å². The molecule has 0 amide bonds. The van der Waals surface area contributed by atoms with Crippen molar-refractivity contribution >= 4 is 0 Å². The van der Waals surface area contributed by atoms with Crippen LogP contribution >= 0.6 is 0 Å². The number of nitrogens with two attached hydrogens (primary N) is 1. The first-order valence-corrected chi connectivity index (χ1v) is 6.42. The molecule has 2 N–H and O–H groups in total. The van der Waals surface area contributed by atoms with Gasteiger partial charge in [-0.3, -0.25) is 4.90 Å². The van der Waals surface area contributed by atoms with E-state index in [0.29, 0.717) is 6.54 Å². The van der Waals surface area contributed by atoms with E-state index in [4.69, 9.17) is 5.73 Å². The molecule has 1 saturated heterocycles. The third kappa shape index (κ3) is 3.05. The summed E-state index contributed by atoms with van der Waals surface area (Å²) in [6.45, 7) is 5.89. The molecule has 0 radical (unpaired) electrons. The first-order chi connectivity index (χ1) is 8.22. The van der Waals surface area contributed by atoms with Crippen molar-refractivity contribution in [2.45, 2.75) is 32.9 Å². The molecule has 1 aromatic rings. The third-order valence-corrected chi connectivity index (χ3v) is 3.73. The van der Waals surface area contributed by atoms with Gasteiger partial charge in [-0.05, 0) is 42.1 Å². The van der Waals surface area contributed by atoms with Crippen molar-refractivity contribution in [3.8, 4) is 0 Å². The van der Waals surface area contributed by atoms with Crippen molar-refractivity contribution in [2.24, 2.45) is 11.7 Å². The Morgan fingerprint density at radius 1 is 1.41 bits per heavy atom. The van der Waals surface area contributed by atoms with E-state index in [1.807, 2.05) is 6.07 Å². The van der Waals surface area contributed by atoms with E-state index in [9.17, 15) is 4.39 Å². The molecular weight excluding hydrogens is 215 g/mol. The summed E-state index contributed by atoms with van der Waals surface area (Å²) in [6, 6.07) is 4.96. The van der Waals surface area contributed by atoms with Crippen molar-refractivity contribution in [1.82, 2.24) is 4.90 Å². The largest absolute Gasteiger partial charge is 0.326 e. The van der Waals surface area contributed by atoms with Gasteiger partial charge in [-0.25, -0.2) is 4.39 Å². The SMILES string of the molecule is CCC1CCN(Cc2ccc(F)cc2CN)C1. The first kappa shape index (κ1) is 12.5. The quantitative estimate of drug-likeness (QED) is 0.870. The van der Waals surface area contributed by atoms with Crippen LogP contribution in [0, 0.1) is 11.7 Å². The number of halogens is 1. The molecule has 0 bridgehead atoms. The molecule has 2 nitrogen and oxygen atoms in total. The average molecular weight is 236 g/mol. The van der Waals surface area contributed by atoms with Crippen LogP contribution in [0.1, 0.15) is 30.9 Å². The van der Waals surface area contributed by atoms with Gasteiger partial charge in [-0.15, -0.1) is 0 Å². The van der Waals surface area contributed by atoms with Crippen molar-refractivity contribution in [1.29, 1.82) is 0 Å². The van der Waals surface area contributed by atoms with Crippen LogP contribution in [-0.2, 0) is 13.1 Å². The summed E-state index contributed by atoms with van der Waals surface area (Å²) in [5.41, 5.74) is 7.77. The van der Waals surface area contributed by atoms with Crippen LogP contribution in [0.2, 0.25) is 0 Å². The van der Waals surface area contributed by atoms with E-state index >= 15 is 0 Å². The average Bonchev–Trinajstić information content (AvgIpc) is 2.79. The summed E-state index contributed by atoms with van der Waals surface area (Å²) in [7, 11) is 0. The third-order valence-electron chi connectivity index (χ3n) is 3.73. The molecule has 2 rings (SSSR count). The topological polar surface area (TPSA) is 29.3 Å². The number of nitrogens with zero attached hydrogens (tertiary/aromatic N) is 1. The van der Waals surface area contributed by atoms with E-state index in [1.165, 1.54) is 24.5 Å². The molecule has 1 fully saturated rings. The van der Waals surface area contributed by atoms with Gasteiger partial charge in [0.2, 0.25) is 0 Å². The van der Waals surface area contributed by atoms with Crippen LogP contribution in [0.15, 0.2) is 18.2 Å². The van der Waals surface area contributed by atoms with E-state index in [-0.39, 0.29) is 5.82 Å². The fraction of sp³-hybridized carbons (Fsp3) is 0.571. The molecule has 1 aliphatic rings. The van der Waals surface area contributed by atoms with Gasteiger partial charge in [0.05, 0.1) is 0 Å². The maximum Gasteiger partial charge on any atom is 0.123 e. The Hall–Kier alpha value is -0.930. The Morgan fingerprint density at radius 2 is 2.24 bits per heavy atom. The van der Waals surface area contributed by atoms with E-state index in [1.54, 1.807) is 6.07 Å². The van der Waals surface area contributed by atoms with Gasteiger partial charge in [0.25, 0.3) is 0 Å². The predicted octanol–water partition coefficient (Wildman–Crippen LogP) is 2.52. The lowest BCUT2D eigenvalue weighted by Crippen LogP contribution is -2.21. The molecular formula is C14H21FN2. The fourth-order valence-electron chi connectivity index (χ4n) is 2.57. The summed E-state index contributed by atoms with van der Waals surface area (Å²) in [4.78, 5) is 2.45. The second-order valence-electron chi connectivity index (χ2n) is 4.92. The summed E-state index contributed by atoms with van der Waals surface area (Å²) in [5.74, 6) is 0.638. The Bertz CT molecular complexity index is 378. The van der Waals surface area contributed by atoms with Crippen LogP contribution in [0.4, 0.5) is 4.39 Å². The minimum absolute atomic E-state index is 0.193. The Balaban J connectivity index is 2.03. The summed E-state index contributed by atoms with van der Waals surface area (Å²) >= 11 is 0. The maximum absolute atomic E-state index is 13.1. The monoisotopic (exact) mass is 236 g/mol. The molecule has 0 saturated carbocycles. The molecule has 1 aliphatic heterocycles. The Labute approximate surface area is 103 Å². The minimum atomic E-state index is -0.193. The molecule has 1 heterocycles. The highest BCUT2D eigenvalue weighted by Crippen LogP contribution is 2.22. The maximum atomic E-state index is 13.1. The summed E-state index contributed by atoms with van der Waals surface area (Å²) < 4.78 is 13.1. The normalized spacial score (nSPS) is 21.0. The Morgan fingerprint density at radius 3 is 2.88 bits per heavy atom. The van der Waals surface area contributed by atoms with Gasteiger partial charge in [0.1, 0.15) is 5.82 Å². The van der Waals surface area contributed by atoms with Gasteiger partial charge < -0.3 is 5.73 Å². The molecule has 0 aliphatic carbocycles. The lowest BCUT2D eigenvalue weighted by Gasteiger charge is -2.18. The van der Waals surface area contributed by atoms with Crippen LogP contribution in [0.25, 0.3) is 0 Å². The van der Waals surface area contributed by atoms with E-state index in [2.05, 4.69) is 11.8 Å².